The van der Waals surface area contributed by atoms with Crippen LogP contribution in [0.1, 0.15) is 10.4 Å². The molecule has 0 radical (unpaired) electrons. The van der Waals surface area contributed by atoms with E-state index in [0.717, 1.165) is 0 Å². The van der Waals surface area contributed by atoms with E-state index in [9.17, 15) is 0 Å². The van der Waals surface area contributed by atoms with Gasteiger partial charge in [0.25, 0.3) is 0 Å². The quantitative estimate of drug-likeness (QED) is 0.515. The maximum absolute atomic E-state index is 2.23. The predicted molar refractivity (Wildman–Crippen MR) is 64.6 cm³/mol. The van der Waals surface area contributed by atoms with Crippen LogP contribution in [-0.4, -0.2) is 0 Å². The van der Waals surface area contributed by atoms with Crippen molar-refractivity contribution in [3.63, 3.8) is 0 Å². The SMILES string of the molecule is Cc1sc2c(sc3ccsc32)c1C. The van der Waals surface area contributed by atoms with Crippen LogP contribution in [0, 0.1) is 13.8 Å². The number of rotatable bonds is 0. The minimum atomic E-state index is 1.45. The highest BCUT2D eigenvalue weighted by molar-refractivity contribution is 7.38. The van der Waals surface area contributed by atoms with Crippen molar-refractivity contribution in [3.05, 3.63) is 21.9 Å². The van der Waals surface area contributed by atoms with Crippen LogP contribution in [0.25, 0.3) is 18.8 Å². The number of aryl methyl sites for hydroxylation is 2. The van der Waals surface area contributed by atoms with Gasteiger partial charge in [0.05, 0.1) is 14.1 Å². The molecule has 0 atom stereocenters. The molecular weight excluding hydrogens is 216 g/mol. The first-order valence-corrected chi connectivity index (χ1v) is 6.64. The molecule has 0 saturated carbocycles. The van der Waals surface area contributed by atoms with Crippen molar-refractivity contribution in [2.24, 2.45) is 0 Å². The van der Waals surface area contributed by atoms with E-state index >= 15 is 0 Å². The standard InChI is InChI=1S/C10H8S3/c1-5-6(2)12-10-8(5)13-7-3-4-11-9(7)10/h3-4H,1-2H3. The van der Waals surface area contributed by atoms with E-state index < -0.39 is 0 Å². The van der Waals surface area contributed by atoms with Gasteiger partial charge in [0.2, 0.25) is 0 Å². The van der Waals surface area contributed by atoms with Gasteiger partial charge in [0.1, 0.15) is 0 Å². The molecule has 3 aromatic heterocycles. The van der Waals surface area contributed by atoms with Crippen LogP contribution >= 0.6 is 34.0 Å². The number of hydrogen-bond acceptors (Lipinski definition) is 3. The predicted octanol–water partition coefficient (Wildman–Crippen LogP) is 4.79. The van der Waals surface area contributed by atoms with Crippen LogP contribution in [0.3, 0.4) is 0 Å². The van der Waals surface area contributed by atoms with Crippen molar-refractivity contribution in [2.75, 3.05) is 0 Å². The maximum atomic E-state index is 2.23. The average Bonchev–Trinajstić information content (AvgIpc) is 2.70. The molecule has 0 N–H and O–H groups in total. The summed E-state index contributed by atoms with van der Waals surface area (Å²) in [6.45, 7) is 4.44. The first-order chi connectivity index (χ1) is 6.27. The summed E-state index contributed by atoms with van der Waals surface area (Å²) in [7, 11) is 0. The van der Waals surface area contributed by atoms with E-state index in [2.05, 4.69) is 25.3 Å². The Morgan fingerprint density at radius 2 is 1.85 bits per heavy atom. The molecule has 0 aliphatic carbocycles. The molecule has 3 rings (SSSR count). The van der Waals surface area contributed by atoms with Gasteiger partial charge >= 0.3 is 0 Å². The zero-order valence-corrected chi connectivity index (χ0v) is 9.83. The second-order valence-corrected chi connectivity index (χ2v) is 6.35. The second-order valence-electron chi connectivity index (χ2n) is 3.16. The molecule has 13 heavy (non-hydrogen) atoms. The van der Waals surface area contributed by atoms with Crippen molar-refractivity contribution in [1.82, 2.24) is 0 Å². The fourth-order valence-corrected chi connectivity index (χ4v) is 5.40. The Labute approximate surface area is 88.4 Å². The third-order valence-electron chi connectivity index (χ3n) is 2.38. The Balaban J connectivity index is 2.63. The van der Waals surface area contributed by atoms with Gasteiger partial charge in [-0.1, -0.05) is 0 Å². The van der Waals surface area contributed by atoms with Crippen molar-refractivity contribution in [2.45, 2.75) is 13.8 Å². The van der Waals surface area contributed by atoms with Crippen LogP contribution in [0.15, 0.2) is 11.4 Å². The molecule has 0 nitrogen and oxygen atoms in total. The Kier molecular flexibility index (Phi) is 1.57. The topological polar surface area (TPSA) is 0 Å². The minimum absolute atomic E-state index is 1.45. The van der Waals surface area contributed by atoms with Gasteiger partial charge in [-0.2, -0.15) is 0 Å². The van der Waals surface area contributed by atoms with Gasteiger partial charge in [-0.05, 0) is 30.9 Å². The molecule has 0 aliphatic rings. The zero-order chi connectivity index (χ0) is 9.00. The molecule has 0 unspecified atom stereocenters. The Hall–Kier alpha value is -0.380. The van der Waals surface area contributed by atoms with Crippen LogP contribution in [-0.2, 0) is 0 Å². The third kappa shape index (κ3) is 0.951. The molecule has 0 saturated heterocycles. The normalized spacial score (nSPS) is 11.8. The van der Waals surface area contributed by atoms with Crippen LogP contribution in [0.4, 0.5) is 0 Å². The van der Waals surface area contributed by atoms with Crippen molar-refractivity contribution in [3.8, 4) is 0 Å². The highest BCUT2D eigenvalue weighted by Crippen LogP contribution is 2.44. The average molecular weight is 224 g/mol. The van der Waals surface area contributed by atoms with Crippen LogP contribution < -0.4 is 0 Å². The summed E-state index contributed by atoms with van der Waals surface area (Å²) >= 11 is 5.74. The van der Waals surface area contributed by atoms with E-state index in [-0.39, 0.29) is 0 Å². The van der Waals surface area contributed by atoms with Gasteiger partial charge in [0, 0.05) is 9.58 Å². The molecule has 3 heterocycles. The van der Waals surface area contributed by atoms with Gasteiger partial charge < -0.3 is 0 Å². The van der Waals surface area contributed by atoms with E-state index in [1.807, 2.05) is 34.0 Å². The van der Waals surface area contributed by atoms with Gasteiger partial charge in [-0.3, -0.25) is 0 Å². The molecule has 0 spiro atoms. The summed E-state index contributed by atoms with van der Waals surface area (Å²) in [4.78, 5) is 1.47. The number of thiophene rings is 3. The van der Waals surface area contributed by atoms with E-state index in [0.29, 0.717) is 0 Å². The number of fused-ring (bicyclic) bond motifs is 3. The monoisotopic (exact) mass is 224 g/mol. The highest BCUT2D eigenvalue weighted by Gasteiger charge is 2.12. The minimum Gasteiger partial charge on any atom is -0.141 e. The van der Waals surface area contributed by atoms with Gasteiger partial charge in [0.15, 0.2) is 0 Å². The molecule has 0 fully saturated rings. The smallest absolute Gasteiger partial charge is 0.0634 e. The summed E-state index contributed by atoms with van der Waals surface area (Å²) in [5, 5.41) is 2.19. The highest BCUT2D eigenvalue weighted by atomic mass is 32.1. The van der Waals surface area contributed by atoms with E-state index in [1.54, 1.807) is 0 Å². The van der Waals surface area contributed by atoms with Crippen LogP contribution in [0.2, 0.25) is 0 Å². The molecule has 0 bridgehead atoms. The lowest BCUT2D eigenvalue weighted by atomic mass is 10.3. The Morgan fingerprint density at radius 1 is 1.00 bits per heavy atom. The van der Waals surface area contributed by atoms with Crippen molar-refractivity contribution in [1.29, 1.82) is 0 Å². The van der Waals surface area contributed by atoms with Crippen molar-refractivity contribution < 1.29 is 0 Å². The molecule has 66 valence electrons. The fraction of sp³-hybridized carbons (Fsp3) is 0.200. The lowest BCUT2D eigenvalue weighted by molar-refractivity contribution is 1.48. The largest absolute Gasteiger partial charge is 0.141 e. The molecular formula is C10H8S3. The lowest BCUT2D eigenvalue weighted by Crippen LogP contribution is -1.64. The second kappa shape index (κ2) is 2.56. The molecule has 0 aliphatic heterocycles. The third-order valence-corrected chi connectivity index (χ3v) is 6.20. The first kappa shape index (κ1) is 7.97. The summed E-state index contributed by atoms with van der Waals surface area (Å²) < 4.78 is 5.95. The van der Waals surface area contributed by atoms with Gasteiger partial charge in [-0.25, -0.2) is 0 Å². The Morgan fingerprint density at radius 3 is 2.69 bits per heavy atom. The molecule has 0 aromatic carbocycles. The maximum Gasteiger partial charge on any atom is 0.0634 e. The zero-order valence-electron chi connectivity index (χ0n) is 7.38. The molecule has 3 heteroatoms. The van der Waals surface area contributed by atoms with Crippen LogP contribution in [0.5, 0.6) is 0 Å². The summed E-state index contributed by atoms with van der Waals surface area (Å²) in [6, 6.07) is 2.23. The van der Waals surface area contributed by atoms with Gasteiger partial charge in [-0.15, -0.1) is 34.0 Å². The first-order valence-electron chi connectivity index (χ1n) is 4.13. The molecule has 0 amide bonds. The summed E-state index contributed by atoms with van der Waals surface area (Å²) in [5.41, 5.74) is 1.48. The lowest BCUT2D eigenvalue weighted by Gasteiger charge is -1.84. The van der Waals surface area contributed by atoms with E-state index in [1.165, 1.54) is 29.2 Å². The fourth-order valence-electron chi connectivity index (χ4n) is 1.53. The van der Waals surface area contributed by atoms with E-state index in [4.69, 9.17) is 0 Å². The summed E-state index contributed by atoms with van der Waals surface area (Å²) in [5.74, 6) is 0. The molecule has 3 aromatic rings. The Bertz CT molecular complexity index is 580. The number of hydrogen-bond donors (Lipinski definition) is 0. The van der Waals surface area contributed by atoms with Crippen molar-refractivity contribution >= 4 is 52.8 Å². The summed E-state index contributed by atoms with van der Waals surface area (Å²) in [6.07, 6.45) is 0.